The first-order valence-electron chi connectivity index (χ1n) is 6.61. The van der Waals surface area contributed by atoms with Crippen LogP contribution in [0.1, 0.15) is 26.2 Å². The summed E-state index contributed by atoms with van der Waals surface area (Å²) in [6, 6.07) is 0.182. The van der Waals surface area contributed by atoms with Gasteiger partial charge in [-0.15, -0.1) is 0 Å². The van der Waals surface area contributed by atoms with Gasteiger partial charge in [-0.25, -0.2) is 0 Å². The molecule has 18 heavy (non-hydrogen) atoms. The quantitative estimate of drug-likeness (QED) is 0.767. The van der Waals surface area contributed by atoms with Gasteiger partial charge in [0, 0.05) is 18.5 Å². The number of nitrogens with one attached hydrogen (secondary N) is 2. The minimum atomic E-state index is -4.13. The van der Waals surface area contributed by atoms with Gasteiger partial charge in [-0.1, -0.05) is 6.92 Å². The average Bonchev–Trinajstić information content (AvgIpc) is 2.98. The van der Waals surface area contributed by atoms with Crippen LogP contribution >= 0.6 is 0 Å². The molecule has 0 aromatic heterocycles. The molecule has 0 aromatic rings. The predicted molar refractivity (Wildman–Crippen MR) is 62.4 cm³/mol. The standard InChI is InChI=1S/C12H21F3N2O/c1-2-5-16-10-8-18-7-9(10)6-17-11(3-4-11)12(13,14)15/h9-10,16-17H,2-8H2,1H3. The fourth-order valence-corrected chi connectivity index (χ4v) is 2.37. The predicted octanol–water partition coefficient (Wildman–Crippen LogP) is 1.69. The van der Waals surface area contributed by atoms with Gasteiger partial charge in [0.25, 0.3) is 0 Å². The normalized spacial score (nSPS) is 30.7. The monoisotopic (exact) mass is 266 g/mol. The Balaban J connectivity index is 1.79. The first kappa shape index (κ1) is 14.1. The summed E-state index contributed by atoms with van der Waals surface area (Å²) in [5.41, 5.74) is -1.61. The smallest absolute Gasteiger partial charge is 0.379 e. The number of halogens is 3. The maximum absolute atomic E-state index is 12.8. The van der Waals surface area contributed by atoms with E-state index in [4.69, 9.17) is 4.74 Å². The molecule has 2 fully saturated rings. The van der Waals surface area contributed by atoms with Gasteiger partial charge < -0.3 is 15.4 Å². The van der Waals surface area contributed by atoms with Crippen molar-refractivity contribution in [1.29, 1.82) is 0 Å². The zero-order valence-electron chi connectivity index (χ0n) is 10.6. The van der Waals surface area contributed by atoms with Crippen LogP contribution in [0.5, 0.6) is 0 Å². The highest BCUT2D eigenvalue weighted by molar-refractivity contribution is 5.08. The van der Waals surface area contributed by atoms with Crippen LogP contribution in [0.25, 0.3) is 0 Å². The second-order valence-electron chi connectivity index (χ2n) is 5.32. The lowest BCUT2D eigenvalue weighted by molar-refractivity contribution is -0.166. The van der Waals surface area contributed by atoms with Crippen LogP contribution in [0.3, 0.4) is 0 Å². The third-order valence-electron chi connectivity index (χ3n) is 3.85. The van der Waals surface area contributed by atoms with E-state index in [1.807, 2.05) is 0 Å². The summed E-state index contributed by atoms with van der Waals surface area (Å²) in [6.45, 7) is 4.47. The number of ether oxygens (including phenoxy) is 1. The van der Waals surface area contributed by atoms with Crippen LogP contribution < -0.4 is 10.6 Å². The molecule has 1 aliphatic heterocycles. The van der Waals surface area contributed by atoms with E-state index in [0.29, 0.717) is 19.8 Å². The van der Waals surface area contributed by atoms with E-state index < -0.39 is 11.7 Å². The van der Waals surface area contributed by atoms with Crippen molar-refractivity contribution >= 4 is 0 Å². The lowest BCUT2D eigenvalue weighted by Gasteiger charge is -2.25. The van der Waals surface area contributed by atoms with Crippen molar-refractivity contribution in [3.05, 3.63) is 0 Å². The molecule has 2 atom stereocenters. The van der Waals surface area contributed by atoms with E-state index in [9.17, 15) is 13.2 Å². The maximum atomic E-state index is 12.8. The molecule has 3 nitrogen and oxygen atoms in total. The van der Waals surface area contributed by atoms with E-state index in [-0.39, 0.29) is 24.8 Å². The molecule has 0 spiro atoms. The Morgan fingerprint density at radius 1 is 1.28 bits per heavy atom. The van der Waals surface area contributed by atoms with E-state index in [0.717, 1.165) is 13.0 Å². The van der Waals surface area contributed by atoms with E-state index in [1.165, 1.54) is 0 Å². The molecule has 1 heterocycles. The Kier molecular flexibility index (Phi) is 4.18. The molecule has 0 radical (unpaired) electrons. The molecule has 2 aliphatic rings. The van der Waals surface area contributed by atoms with Gasteiger partial charge in [-0.05, 0) is 25.8 Å². The zero-order valence-corrected chi connectivity index (χ0v) is 10.6. The van der Waals surface area contributed by atoms with Gasteiger partial charge in [0.15, 0.2) is 0 Å². The second kappa shape index (κ2) is 5.35. The van der Waals surface area contributed by atoms with E-state index in [1.54, 1.807) is 0 Å². The summed E-state index contributed by atoms with van der Waals surface area (Å²) in [5, 5.41) is 6.04. The molecule has 6 heteroatoms. The SMILES string of the molecule is CCCNC1COCC1CNC1(C(F)(F)F)CC1. The van der Waals surface area contributed by atoms with Crippen LogP contribution in [-0.4, -0.2) is 44.1 Å². The number of rotatable bonds is 6. The first-order chi connectivity index (χ1) is 8.48. The van der Waals surface area contributed by atoms with Gasteiger partial charge in [0.2, 0.25) is 0 Å². The second-order valence-corrected chi connectivity index (χ2v) is 5.32. The van der Waals surface area contributed by atoms with Crippen molar-refractivity contribution in [1.82, 2.24) is 10.6 Å². The summed E-state index contributed by atoms with van der Waals surface area (Å²) < 4.78 is 43.6. The van der Waals surface area contributed by atoms with E-state index in [2.05, 4.69) is 17.6 Å². The molecule has 0 amide bonds. The topological polar surface area (TPSA) is 33.3 Å². The average molecular weight is 266 g/mol. The maximum Gasteiger partial charge on any atom is 0.406 e. The van der Waals surface area contributed by atoms with Crippen molar-refractivity contribution in [2.45, 2.75) is 43.9 Å². The molecule has 0 aromatic carbocycles. The number of hydrogen-bond acceptors (Lipinski definition) is 3. The molecule has 0 bridgehead atoms. The minimum Gasteiger partial charge on any atom is -0.379 e. The third kappa shape index (κ3) is 2.97. The van der Waals surface area contributed by atoms with Crippen molar-refractivity contribution in [3.8, 4) is 0 Å². The van der Waals surface area contributed by atoms with Crippen LogP contribution in [0.15, 0.2) is 0 Å². The lowest BCUT2D eigenvalue weighted by atomic mass is 10.0. The highest BCUT2D eigenvalue weighted by Gasteiger charge is 2.63. The molecule has 1 aliphatic carbocycles. The van der Waals surface area contributed by atoms with Crippen molar-refractivity contribution in [2.75, 3.05) is 26.3 Å². The summed E-state index contributed by atoms with van der Waals surface area (Å²) in [5.74, 6) is 0.136. The van der Waals surface area contributed by atoms with Gasteiger partial charge >= 0.3 is 6.18 Å². The Hall–Kier alpha value is -0.330. The fourth-order valence-electron chi connectivity index (χ4n) is 2.37. The highest BCUT2D eigenvalue weighted by atomic mass is 19.4. The molecule has 1 saturated carbocycles. The molecule has 1 saturated heterocycles. The van der Waals surface area contributed by atoms with Crippen LogP contribution in [0.4, 0.5) is 13.2 Å². The first-order valence-corrected chi connectivity index (χ1v) is 6.61. The fraction of sp³-hybridized carbons (Fsp3) is 1.00. The summed E-state index contributed by atoms with van der Waals surface area (Å²) in [4.78, 5) is 0. The Morgan fingerprint density at radius 2 is 2.00 bits per heavy atom. The Morgan fingerprint density at radius 3 is 2.56 bits per heavy atom. The van der Waals surface area contributed by atoms with E-state index >= 15 is 0 Å². The number of alkyl halides is 3. The Labute approximate surface area is 105 Å². The Bertz CT molecular complexity index is 279. The largest absolute Gasteiger partial charge is 0.406 e. The van der Waals surface area contributed by atoms with Crippen molar-refractivity contribution in [2.24, 2.45) is 5.92 Å². The van der Waals surface area contributed by atoms with Crippen LogP contribution in [0.2, 0.25) is 0 Å². The summed E-state index contributed by atoms with van der Waals surface area (Å²) in [6.07, 6.45) is -2.70. The highest BCUT2D eigenvalue weighted by Crippen LogP contribution is 2.48. The minimum absolute atomic E-state index is 0.136. The third-order valence-corrected chi connectivity index (χ3v) is 3.85. The van der Waals surface area contributed by atoms with Crippen molar-refractivity contribution < 1.29 is 17.9 Å². The molecule has 106 valence electrons. The van der Waals surface area contributed by atoms with Gasteiger partial charge in [-0.3, -0.25) is 0 Å². The summed E-state index contributed by atoms with van der Waals surface area (Å²) >= 11 is 0. The van der Waals surface area contributed by atoms with Crippen LogP contribution in [-0.2, 0) is 4.74 Å². The molecule has 2 N–H and O–H groups in total. The molecule has 2 unspecified atom stereocenters. The number of hydrogen-bond donors (Lipinski definition) is 2. The van der Waals surface area contributed by atoms with Gasteiger partial charge in [-0.2, -0.15) is 13.2 Å². The van der Waals surface area contributed by atoms with Gasteiger partial charge in [0.05, 0.1) is 13.2 Å². The van der Waals surface area contributed by atoms with Crippen LogP contribution in [0, 0.1) is 5.92 Å². The molecule has 2 rings (SSSR count). The lowest BCUT2D eigenvalue weighted by Crippen LogP contribution is -2.49. The van der Waals surface area contributed by atoms with Crippen molar-refractivity contribution in [3.63, 3.8) is 0 Å². The summed E-state index contributed by atoms with van der Waals surface area (Å²) in [7, 11) is 0. The molecular weight excluding hydrogens is 245 g/mol. The zero-order chi connectivity index (χ0) is 13.2. The molecular formula is C12H21F3N2O. The van der Waals surface area contributed by atoms with Gasteiger partial charge in [0.1, 0.15) is 5.54 Å².